The van der Waals surface area contributed by atoms with Crippen molar-refractivity contribution in [1.29, 1.82) is 0 Å². The summed E-state index contributed by atoms with van der Waals surface area (Å²) in [6, 6.07) is 0. The summed E-state index contributed by atoms with van der Waals surface area (Å²) in [5.74, 6) is -0.889. The maximum atomic E-state index is 12.7. The number of unbranched alkanes of at least 4 members (excludes halogenated alkanes) is 26. The molecule has 0 N–H and O–H groups in total. The first-order valence-electron chi connectivity index (χ1n) is 29.7. The van der Waals surface area contributed by atoms with Crippen molar-refractivity contribution >= 4 is 17.9 Å². The zero-order valence-electron chi connectivity index (χ0n) is 46.5. The van der Waals surface area contributed by atoms with Crippen LogP contribution in [0.15, 0.2) is 97.2 Å². The zero-order chi connectivity index (χ0) is 51.4. The minimum absolute atomic E-state index is 0.0758. The number of hydrogen-bond donors (Lipinski definition) is 0. The van der Waals surface area contributed by atoms with Gasteiger partial charge in [0.1, 0.15) is 13.2 Å². The van der Waals surface area contributed by atoms with E-state index in [4.69, 9.17) is 14.2 Å². The quantitative estimate of drug-likeness (QED) is 0.0261. The SMILES string of the molecule is CC/C=C\C/C=C\C/C=C\C/C=C\C/C=C\C/C=C\C/C=C\C/C=C\CCCCCCCCCCCCC(=O)OCC(COC(=O)CCCCCCC)OC(=O)CCCCCCCCCCCCCCC. The molecule has 0 aliphatic carbocycles. The van der Waals surface area contributed by atoms with Gasteiger partial charge in [-0.3, -0.25) is 14.4 Å². The third-order valence-electron chi connectivity index (χ3n) is 12.6. The third kappa shape index (κ3) is 57.1. The zero-order valence-corrected chi connectivity index (χ0v) is 46.5. The molecule has 0 aromatic heterocycles. The fraction of sp³-hybridized carbons (Fsp3) is 0.708. The summed E-state index contributed by atoms with van der Waals surface area (Å²) in [5, 5.41) is 0. The maximum absolute atomic E-state index is 12.7. The molecule has 0 aromatic carbocycles. The van der Waals surface area contributed by atoms with Gasteiger partial charge >= 0.3 is 17.9 Å². The van der Waals surface area contributed by atoms with E-state index in [9.17, 15) is 14.4 Å². The molecule has 6 nitrogen and oxygen atoms in total. The number of carbonyl (C=O) groups excluding carboxylic acids is 3. The van der Waals surface area contributed by atoms with Crippen LogP contribution in [-0.4, -0.2) is 37.2 Å². The standard InChI is InChI=1S/C65H110O6/c1-4-7-10-13-15-17-19-21-22-23-24-25-26-27-28-29-30-31-32-33-34-35-36-37-38-39-40-41-42-44-45-47-49-52-55-58-64(67)70-61-62(60-69-63(66)57-54-51-12-9-6-3)71-65(68)59-56-53-50-48-46-43-20-18-16-14-11-8-5-2/h7,10,15,17,21-22,24-25,27-28,30-31,33-34,36-37,62H,4-6,8-9,11-14,16,18-20,23,26,29,32,35,38-61H2,1-3H3/b10-7-,17-15-,22-21-,25-24-,28-27-,31-30-,34-33-,37-36-. The minimum Gasteiger partial charge on any atom is -0.462 e. The lowest BCUT2D eigenvalue weighted by atomic mass is 10.0. The van der Waals surface area contributed by atoms with Gasteiger partial charge in [0.25, 0.3) is 0 Å². The molecule has 0 saturated carbocycles. The highest BCUT2D eigenvalue weighted by Gasteiger charge is 2.19. The lowest BCUT2D eigenvalue weighted by Crippen LogP contribution is -2.30. The van der Waals surface area contributed by atoms with Crippen LogP contribution in [0.5, 0.6) is 0 Å². The Kier molecular flexibility index (Phi) is 55.9. The number of allylic oxidation sites excluding steroid dienone is 16. The van der Waals surface area contributed by atoms with E-state index in [2.05, 4.69) is 118 Å². The lowest BCUT2D eigenvalue weighted by molar-refractivity contribution is -0.167. The summed E-state index contributed by atoms with van der Waals surface area (Å²) >= 11 is 0. The van der Waals surface area contributed by atoms with Gasteiger partial charge in [-0.25, -0.2) is 0 Å². The van der Waals surface area contributed by atoms with E-state index >= 15 is 0 Å². The Morgan fingerprint density at radius 2 is 0.549 bits per heavy atom. The van der Waals surface area contributed by atoms with Crippen LogP contribution in [0.3, 0.4) is 0 Å². The summed E-state index contributed by atoms with van der Waals surface area (Å²) in [5.41, 5.74) is 0. The van der Waals surface area contributed by atoms with Gasteiger partial charge in [-0.1, -0.05) is 272 Å². The van der Waals surface area contributed by atoms with Crippen LogP contribution in [-0.2, 0) is 28.6 Å². The van der Waals surface area contributed by atoms with Gasteiger partial charge in [-0.2, -0.15) is 0 Å². The smallest absolute Gasteiger partial charge is 0.306 e. The van der Waals surface area contributed by atoms with E-state index in [1.54, 1.807) is 0 Å². The fourth-order valence-corrected chi connectivity index (χ4v) is 8.16. The predicted molar refractivity (Wildman–Crippen MR) is 307 cm³/mol. The van der Waals surface area contributed by atoms with Crippen LogP contribution in [0.25, 0.3) is 0 Å². The lowest BCUT2D eigenvalue weighted by Gasteiger charge is -2.18. The Balaban J connectivity index is 3.99. The molecule has 0 radical (unpaired) electrons. The van der Waals surface area contributed by atoms with Gasteiger partial charge < -0.3 is 14.2 Å². The molecule has 0 bridgehead atoms. The monoisotopic (exact) mass is 987 g/mol. The van der Waals surface area contributed by atoms with Crippen molar-refractivity contribution < 1.29 is 28.6 Å². The van der Waals surface area contributed by atoms with E-state index < -0.39 is 6.10 Å². The molecule has 406 valence electrons. The Morgan fingerprint density at radius 1 is 0.296 bits per heavy atom. The van der Waals surface area contributed by atoms with Crippen LogP contribution in [0.1, 0.15) is 278 Å². The third-order valence-corrected chi connectivity index (χ3v) is 12.6. The molecule has 0 aliphatic heterocycles. The Labute approximate surface area is 438 Å². The van der Waals surface area contributed by atoms with Crippen LogP contribution < -0.4 is 0 Å². The molecule has 0 aliphatic rings. The molecule has 0 heterocycles. The second kappa shape index (κ2) is 58.9. The topological polar surface area (TPSA) is 78.9 Å². The molecule has 0 rings (SSSR count). The molecule has 0 aromatic rings. The van der Waals surface area contributed by atoms with Crippen molar-refractivity contribution in [3.63, 3.8) is 0 Å². The molecule has 0 fully saturated rings. The molecule has 6 heteroatoms. The molecule has 0 spiro atoms. The highest BCUT2D eigenvalue weighted by Crippen LogP contribution is 2.16. The summed E-state index contributed by atoms with van der Waals surface area (Å²) < 4.78 is 16.7. The van der Waals surface area contributed by atoms with Crippen LogP contribution >= 0.6 is 0 Å². The highest BCUT2D eigenvalue weighted by molar-refractivity contribution is 5.71. The van der Waals surface area contributed by atoms with E-state index in [-0.39, 0.29) is 31.1 Å². The van der Waals surface area contributed by atoms with Gasteiger partial charge in [-0.05, 0) is 83.5 Å². The average molecular weight is 988 g/mol. The molecule has 0 saturated heterocycles. The summed E-state index contributed by atoms with van der Waals surface area (Å²) in [6.45, 7) is 6.44. The summed E-state index contributed by atoms with van der Waals surface area (Å²) in [4.78, 5) is 37.7. The van der Waals surface area contributed by atoms with Gasteiger partial charge in [0.2, 0.25) is 0 Å². The number of hydrogen-bond acceptors (Lipinski definition) is 6. The van der Waals surface area contributed by atoms with Crippen molar-refractivity contribution in [3.8, 4) is 0 Å². The first kappa shape index (κ1) is 67.3. The number of carbonyl (C=O) groups is 3. The van der Waals surface area contributed by atoms with E-state index in [1.165, 1.54) is 122 Å². The predicted octanol–water partition coefficient (Wildman–Crippen LogP) is 20.1. The van der Waals surface area contributed by atoms with Crippen molar-refractivity contribution in [2.75, 3.05) is 13.2 Å². The van der Waals surface area contributed by atoms with Crippen LogP contribution in [0.4, 0.5) is 0 Å². The minimum atomic E-state index is -0.771. The first-order chi connectivity index (χ1) is 35.0. The van der Waals surface area contributed by atoms with Crippen molar-refractivity contribution in [2.24, 2.45) is 0 Å². The summed E-state index contributed by atoms with van der Waals surface area (Å²) in [6.07, 6.45) is 78.9. The van der Waals surface area contributed by atoms with Crippen molar-refractivity contribution in [2.45, 2.75) is 284 Å². The van der Waals surface area contributed by atoms with Gasteiger partial charge in [0, 0.05) is 19.3 Å². The maximum Gasteiger partial charge on any atom is 0.306 e. The van der Waals surface area contributed by atoms with E-state index in [0.29, 0.717) is 19.3 Å². The molecule has 71 heavy (non-hydrogen) atoms. The Bertz CT molecular complexity index is 1410. The Hall–Kier alpha value is -3.67. The molecular formula is C65H110O6. The molecule has 1 atom stereocenters. The van der Waals surface area contributed by atoms with Crippen molar-refractivity contribution in [3.05, 3.63) is 97.2 Å². The van der Waals surface area contributed by atoms with Gasteiger partial charge in [0.05, 0.1) is 0 Å². The second-order valence-corrected chi connectivity index (χ2v) is 19.5. The average Bonchev–Trinajstić information content (AvgIpc) is 3.37. The number of ether oxygens (including phenoxy) is 3. The van der Waals surface area contributed by atoms with E-state index in [1.807, 2.05) is 0 Å². The van der Waals surface area contributed by atoms with Gasteiger partial charge in [-0.15, -0.1) is 0 Å². The first-order valence-corrected chi connectivity index (χ1v) is 29.7. The van der Waals surface area contributed by atoms with E-state index in [0.717, 1.165) is 116 Å². The summed E-state index contributed by atoms with van der Waals surface area (Å²) in [7, 11) is 0. The Morgan fingerprint density at radius 3 is 0.859 bits per heavy atom. The normalized spacial score (nSPS) is 12.8. The fourth-order valence-electron chi connectivity index (χ4n) is 8.16. The number of esters is 3. The van der Waals surface area contributed by atoms with Gasteiger partial charge in [0.15, 0.2) is 6.10 Å². The number of rotatable bonds is 53. The molecule has 0 amide bonds. The second-order valence-electron chi connectivity index (χ2n) is 19.5. The van der Waals surface area contributed by atoms with Crippen molar-refractivity contribution in [1.82, 2.24) is 0 Å². The largest absolute Gasteiger partial charge is 0.462 e. The highest BCUT2D eigenvalue weighted by atomic mass is 16.6. The van der Waals surface area contributed by atoms with Crippen LogP contribution in [0.2, 0.25) is 0 Å². The van der Waals surface area contributed by atoms with Crippen LogP contribution in [0, 0.1) is 0 Å². The molecule has 1 unspecified atom stereocenters. The molecular weight excluding hydrogens is 877 g/mol.